The summed E-state index contributed by atoms with van der Waals surface area (Å²) in [5.74, 6) is 2.75. The van der Waals surface area contributed by atoms with Gasteiger partial charge in [0.25, 0.3) is 0 Å². The zero-order valence-corrected chi connectivity index (χ0v) is 17.8. The van der Waals surface area contributed by atoms with E-state index in [1.54, 1.807) is 7.11 Å². The van der Waals surface area contributed by atoms with Crippen molar-refractivity contribution >= 4 is 29.9 Å². The normalized spacial score (nSPS) is 20.3. The van der Waals surface area contributed by atoms with Gasteiger partial charge in [0.2, 0.25) is 0 Å². The van der Waals surface area contributed by atoms with E-state index in [4.69, 9.17) is 9.47 Å². The molecule has 1 aromatic rings. The van der Waals surface area contributed by atoms with Crippen LogP contribution in [0.3, 0.4) is 0 Å². The van der Waals surface area contributed by atoms with Gasteiger partial charge >= 0.3 is 0 Å². The molecule has 1 saturated carbocycles. The Morgan fingerprint density at radius 2 is 2.04 bits per heavy atom. The fourth-order valence-corrected chi connectivity index (χ4v) is 3.62. The van der Waals surface area contributed by atoms with Gasteiger partial charge in [-0.3, -0.25) is 4.99 Å². The van der Waals surface area contributed by atoms with E-state index in [0.717, 1.165) is 29.4 Å². The molecule has 3 rings (SSSR count). The number of fused-ring (bicyclic) bond motifs is 1. The molecule has 1 aliphatic carbocycles. The first-order valence-corrected chi connectivity index (χ1v) is 9.03. The highest BCUT2D eigenvalue weighted by atomic mass is 127. The second kappa shape index (κ2) is 9.50. The Balaban J connectivity index is 0.00000225. The first kappa shape index (κ1) is 20.1. The predicted octanol–water partition coefficient (Wildman–Crippen LogP) is 3.63. The van der Waals surface area contributed by atoms with Crippen molar-refractivity contribution in [2.75, 3.05) is 14.2 Å². The molecule has 0 amide bonds. The SMILES string of the molecule is CN=C(NCc1cc2c(cc1OC)CC(C)O2)NC1CCCCC1.I. The fraction of sp³-hybridized carbons (Fsp3) is 0.632. The molecule has 140 valence electrons. The Kier molecular flexibility index (Phi) is 7.65. The molecule has 1 aliphatic heterocycles. The number of methoxy groups -OCH3 is 1. The van der Waals surface area contributed by atoms with E-state index in [1.807, 2.05) is 7.05 Å². The van der Waals surface area contributed by atoms with E-state index in [1.165, 1.54) is 37.7 Å². The average molecular weight is 459 g/mol. The van der Waals surface area contributed by atoms with Crippen LogP contribution in [0, 0.1) is 0 Å². The van der Waals surface area contributed by atoms with Crippen molar-refractivity contribution in [1.82, 2.24) is 10.6 Å². The molecule has 1 aromatic carbocycles. The molecule has 0 radical (unpaired) electrons. The quantitative estimate of drug-likeness (QED) is 0.410. The minimum absolute atomic E-state index is 0. The largest absolute Gasteiger partial charge is 0.496 e. The molecule has 0 saturated heterocycles. The van der Waals surface area contributed by atoms with Crippen molar-refractivity contribution in [3.63, 3.8) is 0 Å². The number of nitrogens with zero attached hydrogens (tertiary/aromatic N) is 1. The second-order valence-corrected chi connectivity index (χ2v) is 6.81. The summed E-state index contributed by atoms with van der Waals surface area (Å²) in [6.07, 6.45) is 7.63. The van der Waals surface area contributed by atoms with Crippen LogP contribution in [-0.2, 0) is 13.0 Å². The van der Waals surface area contributed by atoms with Crippen LogP contribution in [0.15, 0.2) is 17.1 Å². The highest BCUT2D eigenvalue weighted by Gasteiger charge is 2.22. The zero-order valence-electron chi connectivity index (χ0n) is 15.4. The smallest absolute Gasteiger partial charge is 0.191 e. The van der Waals surface area contributed by atoms with Crippen LogP contribution in [0.4, 0.5) is 0 Å². The molecule has 25 heavy (non-hydrogen) atoms. The van der Waals surface area contributed by atoms with E-state index in [9.17, 15) is 0 Å². The van der Waals surface area contributed by atoms with Gasteiger partial charge in [0, 0.05) is 37.2 Å². The topological polar surface area (TPSA) is 54.9 Å². The van der Waals surface area contributed by atoms with Gasteiger partial charge in [-0.25, -0.2) is 0 Å². The first-order chi connectivity index (χ1) is 11.7. The Morgan fingerprint density at radius 1 is 1.28 bits per heavy atom. The number of benzene rings is 1. The first-order valence-electron chi connectivity index (χ1n) is 9.03. The Morgan fingerprint density at radius 3 is 2.72 bits per heavy atom. The van der Waals surface area contributed by atoms with Gasteiger partial charge in [-0.05, 0) is 31.9 Å². The molecule has 6 heteroatoms. The van der Waals surface area contributed by atoms with Crippen molar-refractivity contribution in [2.24, 2.45) is 4.99 Å². The fourth-order valence-electron chi connectivity index (χ4n) is 3.62. The molecule has 1 atom stereocenters. The lowest BCUT2D eigenvalue weighted by Crippen LogP contribution is -2.43. The number of hydrogen-bond acceptors (Lipinski definition) is 3. The minimum Gasteiger partial charge on any atom is -0.496 e. The summed E-state index contributed by atoms with van der Waals surface area (Å²) in [4.78, 5) is 4.36. The summed E-state index contributed by atoms with van der Waals surface area (Å²) in [7, 11) is 3.54. The second-order valence-electron chi connectivity index (χ2n) is 6.81. The molecule has 2 N–H and O–H groups in total. The summed E-state index contributed by atoms with van der Waals surface area (Å²) in [5.41, 5.74) is 2.32. The Hall–Kier alpha value is -1.18. The van der Waals surface area contributed by atoms with Crippen LogP contribution in [0.25, 0.3) is 0 Å². The van der Waals surface area contributed by atoms with Gasteiger partial charge < -0.3 is 20.1 Å². The predicted molar refractivity (Wildman–Crippen MR) is 112 cm³/mol. The van der Waals surface area contributed by atoms with Gasteiger partial charge in [-0.2, -0.15) is 0 Å². The lowest BCUT2D eigenvalue weighted by Gasteiger charge is -2.25. The maximum absolute atomic E-state index is 5.87. The lowest BCUT2D eigenvalue weighted by atomic mass is 9.96. The summed E-state index contributed by atoms with van der Waals surface area (Å²) < 4.78 is 11.4. The van der Waals surface area contributed by atoms with Crippen molar-refractivity contribution in [3.8, 4) is 11.5 Å². The van der Waals surface area contributed by atoms with Crippen LogP contribution in [0.1, 0.15) is 50.2 Å². The summed E-state index contributed by atoms with van der Waals surface area (Å²) in [6, 6.07) is 4.74. The monoisotopic (exact) mass is 459 g/mol. The van der Waals surface area contributed by atoms with Gasteiger partial charge in [0.1, 0.15) is 17.6 Å². The molecular formula is C19H30IN3O2. The zero-order chi connectivity index (χ0) is 16.9. The van der Waals surface area contributed by atoms with Gasteiger partial charge in [-0.15, -0.1) is 24.0 Å². The van der Waals surface area contributed by atoms with Crippen LogP contribution in [0.2, 0.25) is 0 Å². The Bertz CT molecular complexity index is 601. The lowest BCUT2D eigenvalue weighted by molar-refractivity contribution is 0.254. The van der Waals surface area contributed by atoms with Crippen LogP contribution >= 0.6 is 24.0 Å². The number of ether oxygens (including phenoxy) is 2. The molecule has 0 aromatic heterocycles. The van der Waals surface area contributed by atoms with Crippen molar-refractivity contribution in [2.45, 2.75) is 64.1 Å². The number of halogens is 1. The number of hydrogen-bond donors (Lipinski definition) is 2. The van der Waals surface area contributed by atoms with Gasteiger partial charge in [0.05, 0.1) is 7.11 Å². The highest BCUT2D eigenvalue weighted by Crippen LogP contribution is 2.34. The van der Waals surface area contributed by atoms with Crippen LogP contribution < -0.4 is 20.1 Å². The molecule has 1 unspecified atom stereocenters. The number of guanidine groups is 1. The maximum Gasteiger partial charge on any atom is 0.191 e. The molecule has 1 fully saturated rings. The van der Waals surface area contributed by atoms with Crippen LogP contribution in [-0.4, -0.2) is 32.3 Å². The van der Waals surface area contributed by atoms with E-state index in [-0.39, 0.29) is 30.1 Å². The maximum atomic E-state index is 5.87. The van der Waals surface area contributed by atoms with Crippen LogP contribution in [0.5, 0.6) is 11.5 Å². The third-order valence-electron chi connectivity index (χ3n) is 4.91. The summed E-state index contributed by atoms with van der Waals surface area (Å²) in [6.45, 7) is 2.76. The van der Waals surface area contributed by atoms with E-state index >= 15 is 0 Å². The van der Waals surface area contributed by atoms with E-state index in [0.29, 0.717) is 12.6 Å². The molecular weight excluding hydrogens is 429 g/mol. The third-order valence-corrected chi connectivity index (χ3v) is 4.91. The standard InChI is InChI=1S/C19H29N3O2.HI/c1-13-9-14-10-17(23-3)15(11-18(14)24-13)12-21-19(20-2)22-16-7-5-4-6-8-16;/h10-11,13,16H,4-9,12H2,1-3H3,(H2,20,21,22);1H. The van der Waals surface area contributed by atoms with Gasteiger partial charge in [-0.1, -0.05) is 19.3 Å². The Labute approximate surface area is 168 Å². The number of nitrogens with one attached hydrogen (secondary N) is 2. The number of aliphatic imine (C=N–C) groups is 1. The summed E-state index contributed by atoms with van der Waals surface area (Å²) in [5, 5.41) is 6.95. The van der Waals surface area contributed by atoms with Gasteiger partial charge in [0.15, 0.2) is 5.96 Å². The molecule has 0 bridgehead atoms. The molecule has 5 nitrogen and oxygen atoms in total. The molecule has 2 aliphatic rings. The minimum atomic E-state index is 0. The third kappa shape index (κ3) is 5.15. The van der Waals surface area contributed by atoms with Crippen molar-refractivity contribution < 1.29 is 9.47 Å². The van der Waals surface area contributed by atoms with Crippen molar-refractivity contribution in [3.05, 3.63) is 23.3 Å². The average Bonchev–Trinajstić information content (AvgIpc) is 2.97. The van der Waals surface area contributed by atoms with E-state index in [2.05, 4.69) is 34.7 Å². The summed E-state index contributed by atoms with van der Waals surface area (Å²) >= 11 is 0. The molecule has 0 spiro atoms. The highest BCUT2D eigenvalue weighted by molar-refractivity contribution is 14.0. The number of rotatable bonds is 4. The van der Waals surface area contributed by atoms with E-state index < -0.39 is 0 Å². The van der Waals surface area contributed by atoms with Crippen molar-refractivity contribution in [1.29, 1.82) is 0 Å². The molecule has 1 heterocycles.